The van der Waals surface area contributed by atoms with Gasteiger partial charge in [0.1, 0.15) is 16.5 Å². The summed E-state index contributed by atoms with van der Waals surface area (Å²) in [5.41, 5.74) is 0. The fraction of sp³-hybridized carbons (Fsp3) is 0.333. The first-order chi connectivity index (χ1) is 8.81. The van der Waals surface area contributed by atoms with E-state index in [1.807, 2.05) is 38.2 Å². The van der Waals surface area contributed by atoms with E-state index in [2.05, 4.69) is 15.5 Å². The van der Waals surface area contributed by atoms with Crippen LogP contribution in [-0.2, 0) is 6.54 Å². The summed E-state index contributed by atoms with van der Waals surface area (Å²) >= 11 is 1.42. The van der Waals surface area contributed by atoms with Crippen molar-refractivity contribution >= 4 is 11.3 Å². The zero-order chi connectivity index (χ0) is 12.8. The van der Waals surface area contributed by atoms with Gasteiger partial charge < -0.3 is 14.8 Å². The molecule has 0 unspecified atom stereocenters. The highest BCUT2D eigenvalue weighted by Gasteiger charge is 2.06. The van der Waals surface area contributed by atoms with Gasteiger partial charge in [-0.3, -0.25) is 0 Å². The van der Waals surface area contributed by atoms with Crippen LogP contribution in [0.15, 0.2) is 24.3 Å². The molecular weight excluding hydrogens is 250 g/mol. The van der Waals surface area contributed by atoms with Crippen molar-refractivity contribution in [2.75, 3.05) is 13.7 Å². The standard InChI is InChI=1S/C12H15N3O2S/c1-3-16-9-5-4-6-10(7-9)17-12-15-14-11(18-12)8-13-2/h4-7,13H,3,8H2,1-2H3. The van der Waals surface area contributed by atoms with Crippen LogP contribution < -0.4 is 14.8 Å². The molecule has 0 amide bonds. The number of hydrogen-bond acceptors (Lipinski definition) is 6. The van der Waals surface area contributed by atoms with Crippen LogP contribution in [0, 0.1) is 0 Å². The van der Waals surface area contributed by atoms with Gasteiger partial charge >= 0.3 is 0 Å². The van der Waals surface area contributed by atoms with Crippen LogP contribution in [0.3, 0.4) is 0 Å². The molecule has 0 aliphatic rings. The molecule has 0 atom stereocenters. The number of benzene rings is 1. The average Bonchev–Trinajstić information content (AvgIpc) is 2.78. The van der Waals surface area contributed by atoms with E-state index < -0.39 is 0 Å². The lowest BCUT2D eigenvalue weighted by Crippen LogP contribution is -2.04. The minimum absolute atomic E-state index is 0.536. The molecule has 0 saturated carbocycles. The lowest BCUT2D eigenvalue weighted by molar-refractivity contribution is 0.338. The molecule has 18 heavy (non-hydrogen) atoms. The molecule has 5 nitrogen and oxygen atoms in total. The molecule has 0 aliphatic carbocycles. The van der Waals surface area contributed by atoms with Gasteiger partial charge in [-0.15, -0.1) is 5.10 Å². The highest BCUT2D eigenvalue weighted by molar-refractivity contribution is 7.13. The minimum atomic E-state index is 0.536. The van der Waals surface area contributed by atoms with E-state index in [4.69, 9.17) is 9.47 Å². The topological polar surface area (TPSA) is 56.3 Å². The molecule has 0 aliphatic heterocycles. The maximum Gasteiger partial charge on any atom is 0.299 e. The predicted octanol–water partition coefficient (Wildman–Crippen LogP) is 2.45. The van der Waals surface area contributed by atoms with E-state index in [-0.39, 0.29) is 0 Å². The van der Waals surface area contributed by atoms with Crippen molar-refractivity contribution in [1.29, 1.82) is 0 Å². The van der Waals surface area contributed by atoms with Gasteiger partial charge in [-0.25, -0.2) is 0 Å². The van der Waals surface area contributed by atoms with E-state index in [0.717, 1.165) is 10.8 Å². The Balaban J connectivity index is 2.05. The normalized spacial score (nSPS) is 10.3. The van der Waals surface area contributed by atoms with Crippen molar-refractivity contribution in [2.45, 2.75) is 13.5 Å². The Hall–Kier alpha value is -1.66. The third-order valence-corrected chi connectivity index (χ3v) is 2.90. The van der Waals surface area contributed by atoms with E-state index >= 15 is 0 Å². The zero-order valence-corrected chi connectivity index (χ0v) is 11.2. The third-order valence-electron chi connectivity index (χ3n) is 2.10. The summed E-state index contributed by atoms with van der Waals surface area (Å²) in [7, 11) is 1.87. The minimum Gasteiger partial charge on any atom is -0.494 e. The SMILES string of the molecule is CCOc1cccc(Oc2nnc(CNC)s2)c1. The van der Waals surface area contributed by atoms with Gasteiger partial charge in [0, 0.05) is 12.6 Å². The smallest absolute Gasteiger partial charge is 0.299 e. The number of ether oxygens (including phenoxy) is 2. The molecule has 0 radical (unpaired) electrons. The zero-order valence-electron chi connectivity index (χ0n) is 10.3. The molecule has 6 heteroatoms. The van der Waals surface area contributed by atoms with Crippen LogP contribution in [0.1, 0.15) is 11.9 Å². The molecule has 0 fully saturated rings. The summed E-state index contributed by atoms with van der Waals surface area (Å²) in [6.07, 6.45) is 0. The van der Waals surface area contributed by atoms with Crippen molar-refractivity contribution < 1.29 is 9.47 Å². The summed E-state index contributed by atoms with van der Waals surface area (Å²) in [5.74, 6) is 1.49. The molecule has 0 saturated heterocycles. The number of aromatic nitrogens is 2. The van der Waals surface area contributed by atoms with Crippen LogP contribution in [0.4, 0.5) is 0 Å². The number of rotatable bonds is 6. The van der Waals surface area contributed by atoms with Crippen LogP contribution >= 0.6 is 11.3 Å². The quantitative estimate of drug-likeness (QED) is 0.869. The Kier molecular flexibility index (Phi) is 4.49. The van der Waals surface area contributed by atoms with Crippen LogP contribution in [0.5, 0.6) is 16.7 Å². The molecular formula is C12H15N3O2S. The van der Waals surface area contributed by atoms with Gasteiger partial charge in [0.05, 0.1) is 6.61 Å². The van der Waals surface area contributed by atoms with Gasteiger partial charge in [-0.05, 0) is 26.1 Å². The summed E-state index contributed by atoms with van der Waals surface area (Å²) in [6, 6.07) is 7.48. The molecule has 1 heterocycles. The van der Waals surface area contributed by atoms with Gasteiger partial charge in [0.15, 0.2) is 0 Å². The predicted molar refractivity (Wildman–Crippen MR) is 70.4 cm³/mol. The first-order valence-electron chi connectivity index (χ1n) is 5.69. The lowest BCUT2D eigenvalue weighted by atomic mass is 10.3. The molecule has 1 N–H and O–H groups in total. The first kappa shape index (κ1) is 12.8. The molecule has 2 aromatic rings. The molecule has 1 aromatic heterocycles. The van der Waals surface area contributed by atoms with Crippen molar-refractivity contribution in [2.24, 2.45) is 0 Å². The molecule has 0 bridgehead atoms. The lowest BCUT2D eigenvalue weighted by Gasteiger charge is -2.05. The molecule has 0 spiro atoms. The maximum atomic E-state index is 5.63. The first-order valence-corrected chi connectivity index (χ1v) is 6.51. The fourth-order valence-corrected chi connectivity index (χ4v) is 2.12. The van der Waals surface area contributed by atoms with Crippen LogP contribution in [0.25, 0.3) is 0 Å². The summed E-state index contributed by atoms with van der Waals surface area (Å²) in [6.45, 7) is 3.27. The monoisotopic (exact) mass is 265 g/mol. The second kappa shape index (κ2) is 6.32. The Labute approximate surface area is 110 Å². The Morgan fingerprint density at radius 1 is 1.28 bits per heavy atom. The third kappa shape index (κ3) is 3.41. The van der Waals surface area contributed by atoms with Gasteiger partial charge in [-0.2, -0.15) is 0 Å². The van der Waals surface area contributed by atoms with E-state index in [1.165, 1.54) is 11.3 Å². The van der Waals surface area contributed by atoms with Crippen molar-refractivity contribution in [3.8, 4) is 16.7 Å². The van der Waals surface area contributed by atoms with Gasteiger partial charge in [0.25, 0.3) is 5.19 Å². The summed E-state index contributed by atoms with van der Waals surface area (Å²) in [4.78, 5) is 0. The van der Waals surface area contributed by atoms with Crippen LogP contribution in [-0.4, -0.2) is 23.9 Å². The molecule has 2 rings (SSSR count). The van der Waals surface area contributed by atoms with Crippen molar-refractivity contribution in [1.82, 2.24) is 15.5 Å². The fourth-order valence-electron chi connectivity index (χ4n) is 1.40. The second-order valence-corrected chi connectivity index (χ2v) is 4.53. The summed E-state index contributed by atoms with van der Waals surface area (Å²) in [5, 5.41) is 12.4. The van der Waals surface area contributed by atoms with E-state index in [1.54, 1.807) is 0 Å². The number of nitrogens with one attached hydrogen (secondary N) is 1. The van der Waals surface area contributed by atoms with Gasteiger partial charge in [-0.1, -0.05) is 22.5 Å². The van der Waals surface area contributed by atoms with Crippen LogP contribution in [0.2, 0.25) is 0 Å². The van der Waals surface area contributed by atoms with Gasteiger partial charge in [0.2, 0.25) is 0 Å². The van der Waals surface area contributed by atoms with Crippen molar-refractivity contribution in [3.63, 3.8) is 0 Å². The van der Waals surface area contributed by atoms with E-state index in [9.17, 15) is 0 Å². The average molecular weight is 265 g/mol. The highest BCUT2D eigenvalue weighted by Crippen LogP contribution is 2.27. The molecule has 96 valence electrons. The maximum absolute atomic E-state index is 5.63. The highest BCUT2D eigenvalue weighted by atomic mass is 32.1. The van der Waals surface area contributed by atoms with E-state index in [0.29, 0.717) is 24.1 Å². The number of nitrogens with zero attached hydrogens (tertiary/aromatic N) is 2. The van der Waals surface area contributed by atoms with Crippen molar-refractivity contribution in [3.05, 3.63) is 29.3 Å². The number of hydrogen-bond donors (Lipinski definition) is 1. The second-order valence-electron chi connectivity index (χ2n) is 3.50. The largest absolute Gasteiger partial charge is 0.494 e. The Morgan fingerprint density at radius 2 is 2.11 bits per heavy atom. The Morgan fingerprint density at radius 3 is 2.89 bits per heavy atom. The summed E-state index contributed by atoms with van der Waals surface area (Å²) < 4.78 is 11.0. The Bertz CT molecular complexity index is 502. The molecule has 1 aromatic carbocycles.